The number of aliphatic carboxylic acids is 1. The molecule has 116 valence electrons. The Kier molecular flexibility index (Phi) is 5.42. The number of carboxylic acids is 1. The van der Waals surface area contributed by atoms with E-state index >= 15 is 0 Å². The molecule has 1 aromatic heterocycles. The van der Waals surface area contributed by atoms with Crippen LogP contribution in [0.1, 0.15) is 43.6 Å². The fraction of sp³-hybridized carbons (Fsp3) is 0.625. The molecule has 0 radical (unpaired) electrons. The van der Waals surface area contributed by atoms with Gasteiger partial charge in [-0.3, -0.25) is 9.59 Å². The number of carbonyl (C=O) groups excluding carboxylic acids is 1. The molecule has 1 aromatic rings. The summed E-state index contributed by atoms with van der Waals surface area (Å²) >= 11 is 0. The van der Waals surface area contributed by atoms with Crippen molar-refractivity contribution in [2.24, 2.45) is 5.92 Å². The molecule has 0 saturated carbocycles. The molecule has 2 rings (SSSR count). The predicted molar refractivity (Wildman–Crippen MR) is 77.9 cm³/mol. The Morgan fingerprint density at radius 2 is 2.19 bits per heavy atom. The topological polar surface area (TPSA) is 70.8 Å². The number of carboxylic acid groups (broad SMARTS) is 1. The summed E-state index contributed by atoms with van der Waals surface area (Å²) in [7, 11) is 0. The summed E-state index contributed by atoms with van der Waals surface area (Å²) in [5.41, 5.74) is 0. The van der Waals surface area contributed by atoms with Crippen LogP contribution in [0.2, 0.25) is 0 Å². The van der Waals surface area contributed by atoms with Gasteiger partial charge in [0, 0.05) is 32.4 Å². The van der Waals surface area contributed by atoms with Gasteiger partial charge in [-0.15, -0.1) is 0 Å². The number of amides is 1. The summed E-state index contributed by atoms with van der Waals surface area (Å²) < 4.78 is 5.47. The van der Waals surface area contributed by atoms with E-state index in [2.05, 4.69) is 0 Å². The van der Waals surface area contributed by atoms with Crippen molar-refractivity contribution in [2.75, 3.05) is 13.1 Å². The highest BCUT2D eigenvalue weighted by atomic mass is 16.4. The van der Waals surface area contributed by atoms with Crippen molar-refractivity contribution < 1.29 is 19.1 Å². The number of rotatable bonds is 6. The number of nitrogens with zero attached hydrogens (tertiary/aromatic N) is 1. The summed E-state index contributed by atoms with van der Waals surface area (Å²) in [5.74, 6) is 1.42. The second-order valence-corrected chi connectivity index (χ2v) is 5.79. The van der Waals surface area contributed by atoms with Crippen molar-refractivity contribution >= 4 is 11.9 Å². The monoisotopic (exact) mass is 293 g/mol. The molecule has 0 spiro atoms. The van der Waals surface area contributed by atoms with Crippen LogP contribution in [-0.4, -0.2) is 35.0 Å². The molecule has 0 aromatic carbocycles. The number of hydrogen-bond acceptors (Lipinski definition) is 3. The van der Waals surface area contributed by atoms with Crippen LogP contribution in [0, 0.1) is 12.8 Å². The van der Waals surface area contributed by atoms with Crippen molar-refractivity contribution in [1.82, 2.24) is 4.90 Å². The molecule has 5 nitrogen and oxygen atoms in total. The zero-order valence-electron chi connectivity index (χ0n) is 12.5. The summed E-state index contributed by atoms with van der Waals surface area (Å²) in [4.78, 5) is 24.7. The van der Waals surface area contributed by atoms with Crippen LogP contribution < -0.4 is 0 Å². The minimum absolute atomic E-state index is 0.143. The van der Waals surface area contributed by atoms with Gasteiger partial charge >= 0.3 is 5.97 Å². The Balaban J connectivity index is 1.77. The van der Waals surface area contributed by atoms with Gasteiger partial charge in [-0.05, 0) is 44.2 Å². The Morgan fingerprint density at radius 1 is 1.38 bits per heavy atom. The van der Waals surface area contributed by atoms with Crippen LogP contribution in [0.15, 0.2) is 16.5 Å². The normalized spacial score (nSPS) is 18.7. The first-order valence-electron chi connectivity index (χ1n) is 7.59. The van der Waals surface area contributed by atoms with E-state index in [1.807, 2.05) is 24.0 Å². The van der Waals surface area contributed by atoms with Crippen LogP contribution in [-0.2, 0) is 16.0 Å². The molecule has 1 atom stereocenters. The maximum absolute atomic E-state index is 12.2. The molecular formula is C16H23NO4. The van der Waals surface area contributed by atoms with E-state index in [4.69, 9.17) is 9.52 Å². The van der Waals surface area contributed by atoms with Crippen LogP contribution in [0.4, 0.5) is 0 Å². The summed E-state index contributed by atoms with van der Waals surface area (Å²) in [5, 5.41) is 8.74. The second-order valence-electron chi connectivity index (χ2n) is 5.79. The Hall–Kier alpha value is -1.78. The zero-order chi connectivity index (χ0) is 15.2. The predicted octanol–water partition coefficient (Wildman–Crippen LogP) is 2.62. The third-order valence-electron chi connectivity index (χ3n) is 4.02. The average molecular weight is 293 g/mol. The average Bonchev–Trinajstić information content (AvgIpc) is 2.88. The highest BCUT2D eigenvalue weighted by Crippen LogP contribution is 2.22. The van der Waals surface area contributed by atoms with E-state index in [9.17, 15) is 9.59 Å². The molecule has 1 fully saturated rings. The van der Waals surface area contributed by atoms with Gasteiger partial charge < -0.3 is 14.4 Å². The molecule has 0 unspecified atom stereocenters. The zero-order valence-corrected chi connectivity index (χ0v) is 12.5. The molecule has 1 aliphatic rings. The van der Waals surface area contributed by atoms with Crippen molar-refractivity contribution in [1.29, 1.82) is 0 Å². The van der Waals surface area contributed by atoms with Gasteiger partial charge in [-0.1, -0.05) is 0 Å². The van der Waals surface area contributed by atoms with Gasteiger partial charge in [-0.2, -0.15) is 0 Å². The Labute approximate surface area is 124 Å². The Bertz CT molecular complexity index is 494. The first kappa shape index (κ1) is 15.6. The molecule has 1 aliphatic heterocycles. The number of carbonyl (C=O) groups is 2. The molecular weight excluding hydrogens is 270 g/mol. The third kappa shape index (κ3) is 4.92. The SMILES string of the molecule is Cc1ccc(CCC(=O)N2CCC[C@@H](CCC(=O)O)C2)o1. The lowest BCUT2D eigenvalue weighted by Crippen LogP contribution is -2.40. The maximum atomic E-state index is 12.2. The van der Waals surface area contributed by atoms with Crippen LogP contribution in [0.25, 0.3) is 0 Å². The van der Waals surface area contributed by atoms with E-state index in [1.165, 1.54) is 0 Å². The fourth-order valence-corrected chi connectivity index (χ4v) is 2.86. The van der Waals surface area contributed by atoms with E-state index < -0.39 is 5.97 Å². The first-order chi connectivity index (χ1) is 10.0. The van der Waals surface area contributed by atoms with E-state index in [1.54, 1.807) is 0 Å². The molecule has 1 amide bonds. The molecule has 21 heavy (non-hydrogen) atoms. The Morgan fingerprint density at radius 3 is 2.86 bits per heavy atom. The van der Waals surface area contributed by atoms with E-state index in [0.717, 1.165) is 30.9 Å². The summed E-state index contributed by atoms with van der Waals surface area (Å²) in [6.45, 7) is 3.38. The van der Waals surface area contributed by atoms with Gasteiger partial charge in [-0.25, -0.2) is 0 Å². The molecule has 5 heteroatoms. The smallest absolute Gasteiger partial charge is 0.303 e. The fourth-order valence-electron chi connectivity index (χ4n) is 2.86. The third-order valence-corrected chi connectivity index (χ3v) is 4.02. The van der Waals surface area contributed by atoms with Gasteiger partial charge in [0.25, 0.3) is 0 Å². The maximum Gasteiger partial charge on any atom is 0.303 e. The van der Waals surface area contributed by atoms with E-state index in [-0.39, 0.29) is 12.3 Å². The summed E-state index contributed by atoms with van der Waals surface area (Å²) in [6, 6.07) is 3.82. The van der Waals surface area contributed by atoms with Crippen molar-refractivity contribution in [3.8, 4) is 0 Å². The minimum atomic E-state index is -0.758. The van der Waals surface area contributed by atoms with Gasteiger partial charge in [0.1, 0.15) is 11.5 Å². The van der Waals surface area contributed by atoms with Crippen LogP contribution >= 0.6 is 0 Å². The van der Waals surface area contributed by atoms with Crippen LogP contribution in [0.5, 0.6) is 0 Å². The standard InChI is InChI=1S/C16H23NO4/c1-12-4-6-14(21-12)7-8-15(18)17-10-2-3-13(11-17)5-9-16(19)20/h4,6,13H,2-3,5,7-11H2,1H3,(H,19,20)/t13-/m0/s1. The molecule has 0 bridgehead atoms. The highest BCUT2D eigenvalue weighted by Gasteiger charge is 2.23. The molecule has 1 saturated heterocycles. The number of likely N-dealkylation sites (tertiary alicyclic amines) is 1. The second kappa shape index (κ2) is 7.29. The summed E-state index contributed by atoms with van der Waals surface area (Å²) in [6.07, 6.45) is 3.93. The van der Waals surface area contributed by atoms with Gasteiger partial charge in [0.2, 0.25) is 5.91 Å². The van der Waals surface area contributed by atoms with E-state index in [0.29, 0.717) is 31.7 Å². The number of piperidine rings is 1. The van der Waals surface area contributed by atoms with Gasteiger partial charge in [0.05, 0.1) is 0 Å². The number of hydrogen-bond donors (Lipinski definition) is 1. The van der Waals surface area contributed by atoms with Crippen molar-refractivity contribution in [3.05, 3.63) is 23.7 Å². The minimum Gasteiger partial charge on any atom is -0.481 e. The number of aryl methyl sites for hydroxylation is 2. The van der Waals surface area contributed by atoms with Crippen LogP contribution in [0.3, 0.4) is 0 Å². The lowest BCUT2D eigenvalue weighted by molar-refractivity contribution is -0.137. The highest BCUT2D eigenvalue weighted by molar-refractivity contribution is 5.76. The lowest BCUT2D eigenvalue weighted by atomic mass is 9.93. The molecule has 2 heterocycles. The molecule has 0 aliphatic carbocycles. The molecule has 1 N–H and O–H groups in total. The van der Waals surface area contributed by atoms with Crippen molar-refractivity contribution in [2.45, 2.75) is 45.4 Å². The number of furan rings is 1. The quantitative estimate of drug-likeness (QED) is 0.875. The first-order valence-corrected chi connectivity index (χ1v) is 7.59. The van der Waals surface area contributed by atoms with Crippen molar-refractivity contribution in [3.63, 3.8) is 0 Å². The van der Waals surface area contributed by atoms with Gasteiger partial charge in [0.15, 0.2) is 0 Å². The lowest BCUT2D eigenvalue weighted by Gasteiger charge is -2.32. The largest absolute Gasteiger partial charge is 0.481 e.